The van der Waals surface area contributed by atoms with Crippen LogP contribution >= 0.6 is 0 Å². The summed E-state index contributed by atoms with van der Waals surface area (Å²) in [5, 5.41) is 3.36. The summed E-state index contributed by atoms with van der Waals surface area (Å²) in [4.78, 5) is 2.02. The van der Waals surface area contributed by atoms with Crippen molar-refractivity contribution in [1.29, 1.82) is 0 Å². The zero-order valence-electron chi connectivity index (χ0n) is 13.2. The lowest BCUT2D eigenvalue weighted by atomic mass is 10.1. The molecule has 0 saturated carbocycles. The minimum Gasteiger partial charge on any atom is -0.344 e. The van der Waals surface area contributed by atoms with E-state index in [-0.39, 0.29) is 11.4 Å². The Balaban J connectivity index is 2.33. The van der Waals surface area contributed by atoms with Crippen LogP contribution in [0, 0.1) is 5.82 Å². The highest BCUT2D eigenvalue weighted by molar-refractivity contribution is 5.65. The van der Waals surface area contributed by atoms with E-state index in [0.717, 1.165) is 11.4 Å². The van der Waals surface area contributed by atoms with Gasteiger partial charge in [0.25, 0.3) is 0 Å². The van der Waals surface area contributed by atoms with Gasteiger partial charge in [0.05, 0.1) is 0 Å². The molecule has 2 aromatic rings. The molecule has 0 saturated heterocycles. The monoisotopic (exact) mass is 286 g/mol. The lowest BCUT2D eigenvalue weighted by molar-refractivity contribution is 0.419. The lowest BCUT2D eigenvalue weighted by Crippen LogP contribution is -2.35. The number of halogens is 1. The number of benzene rings is 2. The summed E-state index contributed by atoms with van der Waals surface area (Å²) in [6, 6.07) is 15.2. The van der Waals surface area contributed by atoms with Gasteiger partial charge in [0, 0.05) is 36.1 Å². The van der Waals surface area contributed by atoms with Crippen LogP contribution in [0.1, 0.15) is 26.3 Å². The SMILES string of the molecule is CN(c1ccccc1)c1cccc(F)c1CNC(C)(C)C. The average Bonchev–Trinajstić information content (AvgIpc) is 2.45. The topological polar surface area (TPSA) is 15.3 Å². The predicted molar refractivity (Wildman–Crippen MR) is 87.5 cm³/mol. The summed E-state index contributed by atoms with van der Waals surface area (Å²) >= 11 is 0. The van der Waals surface area contributed by atoms with Gasteiger partial charge in [0.2, 0.25) is 0 Å². The Labute approximate surface area is 126 Å². The number of nitrogens with zero attached hydrogens (tertiary/aromatic N) is 1. The molecule has 0 heterocycles. The summed E-state index contributed by atoms with van der Waals surface area (Å²) in [5.41, 5.74) is 2.57. The molecule has 2 rings (SSSR count). The second-order valence-corrected chi connectivity index (χ2v) is 6.24. The number of para-hydroxylation sites is 1. The molecule has 0 bridgehead atoms. The van der Waals surface area contributed by atoms with Gasteiger partial charge in [-0.3, -0.25) is 0 Å². The van der Waals surface area contributed by atoms with Gasteiger partial charge >= 0.3 is 0 Å². The van der Waals surface area contributed by atoms with Crippen LogP contribution < -0.4 is 10.2 Å². The van der Waals surface area contributed by atoms with Gasteiger partial charge in [-0.05, 0) is 45.0 Å². The second kappa shape index (κ2) is 6.27. The Morgan fingerprint density at radius 1 is 1.00 bits per heavy atom. The number of rotatable bonds is 4. The molecule has 0 radical (unpaired) electrons. The van der Waals surface area contributed by atoms with Crippen LogP contribution in [0.25, 0.3) is 0 Å². The van der Waals surface area contributed by atoms with Crippen molar-refractivity contribution >= 4 is 11.4 Å². The third kappa shape index (κ3) is 4.05. The Bertz CT molecular complexity index is 588. The zero-order chi connectivity index (χ0) is 15.5. The zero-order valence-corrected chi connectivity index (χ0v) is 13.2. The first-order chi connectivity index (χ1) is 9.88. The van der Waals surface area contributed by atoms with Crippen molar-refractivity contribution < 1.29 is 4.39 Å². The summed E-state index contributed by atoms with van der Waals surface area (Å²) < 4.78 is 14.2. The Kier molecular flexibility index (Phi) is 4.63. The molecular formula is C18H23FN2. The molecule has 112 valence electrons. The van der Waals surface area contributed by atoms with Crippen molar-refractivity contribution in [3.8, 4) is 0 Å². The molecule has 0 atom stereocenters. The first-order valence-corrected chi connectivity index (χ1v) is 7.20. The van der Waals surface area contributed by atoms with Gasteiger partial charge in [-0.2, -0.15) is 0 Å². The van der Waals surface area contributed by atoms with E-state index in [0.29, 0.717) is 12.1 Å². The first-order valence-electron chi connectivity index (χ1n) is 7.20. The highest BCUT2D eigenvalue weighted by Gasteiger charge is 2.16. The first kappa shape index (κ1) is 15.5. The van der Waals surface area contributed by atoms with Crippen LogP contribution in [0.3, 0.4) is 0 Å². The standard InChI is InChI=1S/C18H23FN2/c1-18(2,3)20-13-15-16(19)11-8-12-17(15)21(4)14-9-6-5-7-10-14/h5-12,20H,13H2,1-4H3. The molecule has 21 heavy (non-hydrogen) atoms. The van der Waals surface area contributed by atoms with Crippen LogP contribution in [-0.2, 0) is 6.54 Å². The van der Waals surface area contributed by atoms with E-state index in [1.54, 1.807) is 6.07 Å². The van der Waals surface area contributed by atoms with Gasteiger partial charge in [-0.15, -0.1) is 0 Å². The fourth-order valence-corrected chi connectivity index (χ4v) is 2.18. The maximum absolute atomic E-state index is 14.2. The van der Waals surface area contributed by atoms with Crippen molar-refractivity contribution in [3.05, 3.63) is 59.9 Å². The molecule has 2 nitrogen and oxygen atoms in total. The fourth-order valence-electron chi connectivity index (χ4n) is 2.18. The maximum atomic E-state index is 14.2. The number of nitrogens with one attached hydrogen (secondary N) is 1. The van der Waals surface area contributed by atoms with Crippen LogP contribution in [-0.4, -0.2) is 12.6 Å². The third-order valence-electron chi connectivity index (χ3n) is 3.39. The van der Waals surface area contributed by atoms with Crippen LogP contribution in [0.5, 0.6) is 0 Å². The minimum atomic E-state index is -0.174. The molecule has 0 aliphatic carbocycles. The van der Waals surface area contributed by atoms with Gasteiger partial charge in [-0.25, -0.2) is 4.39 Å². The maximum Gasteiger partial charge on any atom is 0.129 e. The summed E-state index contributed by atoms with van der Waals surface area (Å²) in [5.74, 6) is -0.174. The number of hydrogen-bond acceptors (Lipinski definition) is 2. The van der Waals surface area contributed by atoms with Crippen LogP contribution in [0.4, 0.5) is 15.8 Å². The smallest absolute Gasteiger partial charge is 0.129 e. The number of anilines is 2. The highest BCUT2D eigenvalue weighted by Crippen LogP contribution is 2.28. The molecular weight excluding hydrogens is 263 g/mol. The predicted octanol–water partition coefficient (Wildman–Crippen LogP) is 4.48. The van der Waals surface area contributed by atoms with E-state index in [4.69, 9.17) is 0 Å². The van der Waals surface area contributed by atoms with Crippen LogP contribution in [0.15, 0.2) is 48.5 Å². The van der Waals surface area contributed by atoms with E-state index >= 15 is 0 Å². The van der Waals surface area contributed by atoms with E-state index in [9.17, 15) is 4.39 Å². The normalized spacial score (nSPS) is 11.5. The van der Waals surface area contributed by atoms with Crippen molar-refractivity contribution in [2.45, 2.75) is 32.9 Å². The molecule has 1 N–H and O–H groups in total. The lowest BCUT2D eigenvalue weighted by Gasteiger charge is -2.26. The third-order valence-corrected chi connectivity index (χ3v) is 3.39. The van der Waals surface area contributed by atoms with Crippen LogP contribution in [0.2, 0.25) is 0 Å². The van der Waals surface area contributed by atoms with E-state index in [1.807, 2.05) is 48.3 Å². The molecule has 0 aliphatic heterocycles. The molecule has 2 aromatic carbocycles. The molecule has 0 fully saturated rings. The highest BCUT2D eigenvalue weighted by atomic mass is 19.1. The molecule has 0 spiro atoms. The number of hydrogen-bond donors (Lipinski definition) is 1. The largest absolute Gasteiger partial charge is 0.344 e. The van der Waals surface area contributed by atoms with Crippen molar-refractivity contribution in [2.24, 2.45) is 0 Å². The molecule has 0 amide bonds. The quantitative estimate of drug-likeness (QED) is 0.891. The summed E-state index contributed by atoms with van der Waals surface area (Å²) in [6.45, 7) is 6.74. The summed E-state index contributed by atoms with van der Waals surface area (Å²) in [6.07, 6.45) is 0. The van der Waals surface area contributed by atoms with E-state index in [2.05, 4.69) is 26.1 Å². The average molecular weight is 286 g/mol. The summed E-state index contributed by atoms with van der Waals surface area (Å²) in [7, 11) is 1.96. The van der Waals surface area contributed by atoms with Gasteiger partial charge < -0.3 is 10.2 Å². The van der Waals surface area contributed by atoms with Crippen molar-refractivity contribution in [2.75, 3.05) is 11.9 Å². The Morgan fingerprint density at radius 2 is 1.67 bits per heavy atom. The molecule has 3 heteroatoms. The Morgan fingerprint density at radius 3 is 2.29 bits per heavy atom. The van der Waals surface area contributed by atoms with Gasteiger partial charge in [-0.1, -0.05) is 24.3 Å². The fraction of sp³-hybridized carbons (Fsp3) is 0.333. The Hall–Kier alpha value is -1.87. The van der Waals surface area contributed by atoms with Gasteiger partial charge in [0.15, 0.2) is 0 Å². The molecule has 0 unspecified atom stereocenters. The molecule has 0 aliphatic rings. The van der Waals surface area contributed by atoms with E-state index < -0.39 is 0 Å². The van der Waals surface area contributed by atoms with Crippen molar-refractivity contribution in [1.82, 2.24) is 5.32 Å². The van der Waals surface area contributed by atoms with E-state index in [1.165, 1.54) is 6.07 Å². The van der Waals surface area contributed by atoms with Crippen molar-refractivity contribution in [3.63, 3.8) is 0 Å². The van der Waals surface area contributed by atoms with Gasteiger partial charge in [0.1, 0.15) is 5.82 Å². The second-order valence-electron chi connectivity index (χ2n) is 6.24. The minimum absolute atomic E-state index is 0.0507. The molecule has 0 aromatic heterocycles.